The van der Waals surface area contributed by atoms with E-state index >= 15 is 0 Å². The fraction of sp³-hybridized carbons (Fsp3) is 0.667. The molecule has 0 saturated carbocycles. The number of anilines is 1. The van der Waals surface area contributed by atoms with Crippen LogP contribution in [0.15, 0.2) is 6.07 Å². The molecule has 1 rings (SSSR count). The summed E-state index contributed by atoms with van der Waals surface area (Å²) in [7, 11) is 3.44. The molecule has 0 aliphatic carbocycles. The number of amides is 2. The second-order valence-corrected chi connectivity index (χ2v) is 4.55. The van der Waals surface area contributed by atoms with Crippen LogP contribution in [0.2, 0.25) is 0 Å². The zero-order valence-corrected chi connectivity index (χ0v) is 11.5. The van der Waals surface area contributed by atoms with Gasteiger partial charge in [0.15, 0.2) is 0 Å². The molecule has 6 heteroatoms. The molecule has 1 heterocycles. The summed E-state index contributed by atoms with van der Waals surface area (Å²) >= 11 is 0. The predicted molar refractivity (Wildman–Crippen MR) is 70.5 cm³/mol. The van der Waals surface area contributed by atoms with Crippen LogP contribution in [0.5, 0.6) is 0 Å². The number of urea groups is 1. The minimum atomic E-state index is -0.539. The second kappa shape index (κ2) is 6.39. The number of aryl methyl sites for hydroxylation is 2. The van der Waals surface area contributed by atoms with Gasteiger partial charge in [-0.25, -0.2) is 4.79 Å². The number of carbonyl (C=O) groups excluding carboxylic acids is 1. The normalized spacial score (nSPS) is 12.3. The van der Waals surface area contributed by atoms with Crippen LogP contribution in [-0.2, 0) is 13.5 Å². The van der Waals surface area contributed by atoms with Gasteiger partial charge in [-0.1, -0.05) is 13.3 Å². The average Bonchev–Trinajstić information content (AvgIpc) is 2.58. The van der Waals surface area contributed by atoms with E-state index in [1.807, 2.05) is 6.07 Å². The van der Waals surface area contributed by atoms with Crippen molar-refractivity contribution in [2.24, 2.45) is 7.05 Å². The Morgan fingerprint density at radius 1 is 1.67 bits per heavy atom. The van der Waals surface area contributed by atoms with Gasteiger partial charge >= 0.3 is 6.03 Å². The number of hydrogen-bond acceptors (Lipinski definition) is 3. The highest BCUT2D eigenvalue weighted by Gasteiger charge is 2.13. The first-order valence-electron chi connectivity index (χ1n) is 6.17. The molecule has 1 aromatic rings. The molecule has 0 saturated heterocycles. The summed E-state index contributed by atoms with van der Waals surface area (Å²) < 4.78 is 1.65. The number of aromatic nitrogens is 2. The van der Waals surface area contributed by atoms with Crippen molar-refractivity contribution in [2.45, 2.75) is 32.8 Å². The van der Waals surface area contributed by atoms with Gasteiger partial charge in [0, 0.05) is 26.7 Å². The van der Waals surface area contributed by atoms with Crippen LogP contribution >= 0.6 is 0 Å². The molecule has 102 valence electrons. The van der Waals surface area contributed by atoms with E-state index in [0.29, 0.717) is 12.4 Å². The Morgan fingerprint density at radius 2 is 2.33 bits per heavy atom. The van der Waals surface area contributed by atoms with E-state index in [4.69, 9.17) is 0 Å². The lowest BCUT2D eigenvalue weighted by atomic mass is 10.2. The fourth-order valence-corrected chi connectivity index (χ4v) is 1.71. The fourth-order valence-electron chi connectivity index (χ4n) is 1.71. The molecular weight excluding hydrogens is 232 g/mol. The Morgan fingerprint density at radius 3 is 2.89 bits per heavy atom. The van der Waals surface area contributed by atoms with Crippen LogP contribution in [0, 0.1) is 0 Å². The highest BCUT2D eigenvalue weighted by Crippen LogP contribution is 2.11. The molecule has 2 N–H and O–H groups in total. The number of aliphatic hydroxyl groups is 1. The molecule has 1 atom stereocenters. The highest BCUT2D eigenvalue weighted by molar-refractivity contribution is 5.88. The van der Waals surface area contributed by atoms with Gasteiger partial charge in [-0.15, -0.1) is 0 Å². The molecule has 1 unspecified atom stereocenters. The minimum absolute atomic E-state index is 0.248. The first kappa shape index (κ1) is 14.5. The molecule has 0 radical (unpaired) electrons. The Kier molecular flexibility index (Phi) is 5.15. The summed E-state index contributed by atoms with van der Waals surface area (Å²) in [4.78, 5) is 13.3. The molecule has 0 aliphatic heterocycles. The SMILES string of the molecule is CCCc1cc(NC(=O)N(C)CC(C)O)n(C)n1. The highest BCUT2D eigenvalue weighted by atomic mass is 16.3. The standard InChI is InChI=1S/C12H22N4O2/c1-5-6-10-7-11(16(4)14-10)13-12(18)15(3)8-9(2)17/h7,9,17H,5-6,8H2,1-4H3,(H,13,18). The van der Waals surface area contributed by atoms with Crippen LogP contribution < -0.4 is 5.32 Å². The zero-order chi connectivity index (χ0) is 13.7. The number of hydrogen-bond donors (Lipinski definition) is 2. The van der Waals surface area contributed by atoms with Crippen molar-refractivity contribution in [3.8, 4) is 0 Å². The number of nitrogens with one attached hydrogen (secondary N) is 1. The summed E-state index contributed by atoms with van der Waals surface area (Å²) in [6.45, 7) is 4.03. The second-order valence-electron chi connectivity index (χ2n) is 4.55. The predicted octanol–water partition coefficient (Wildman–Crippen LogP) is 1.22. The molecule has 0 spiro atoms. The Bertz CT molecular complexity index is 401. The lowest BCUT2D eigenvalue weighted by Crippen LogP contribution is -2.36. The van der Waals surface area contributed by atoms with Crippen molar-refractivity contribution in [3.63, 3.8) is 0 Å². The monoisotopic (exact) mass is 254 g/mol. The molecular formula is C12H22N4O2. The summed E-state index contributed by atoms with van der Waals surface area (Å²) in [5, 5.41) is 16.3. The van der Waals surface area contributed by atoms with E-state index in [2.05, 4.69) is 17.3 Å². The van der Waals surface area contributed by atoms with Crippen LogP contribution in [0.4, 0.5) is 10.6 Å². The number of rotatable bonds is 5. The molecule has 0 bridgehead atoms. The number of likely N-dealkylation sites (N-methyl/N-ethyl adjacent to an activating group) is 1. The van der Waals surface area contributed by atoms with E-state index in [1.54, 1.807) is 25.7 Å². The van der Waals surface area contributed by atoms with Gasteiger partial charge in [0.1, 0.15) is 5.82 Å². The van der Waals surface area contributed by atoms with Crippen molar-refractivity contribution in [1.82, 2.24) is 14.7 Å². The van der Waals surface area contributed by atoms with Crippen molar-refractivity contribution in [3.05, 3.63) is 11.8 Å². The first-order chi connectivity index (χ1) is 8.43. The zero-order valence-electron chi connectivity index (χ0n) is 11.5. The third-order valence-electron chi connectivity index (χ3n) is 2.56. The number of nitrogens with zero attached hydrogens (tertiary/aromatic N) is 3. The van der Waals surface area contributed by atoms with Gasteiger partial charge in [0.25, 0.3) is 0 Å². The maximum absolute atomic E-state index is 11.8. The quantitative estimate of drug-likeness (QED) is 0.830. The van der Waals surface area contributed by atoms with Gasteiger partial charge in [-0.3, -0.25) is 10.00 Å². The van der Waals surface area contributed by atoms with Gasteiger partial charge in [-0.05, 0) is 13.3 Å². The van der Waals surface area contributed by atoms with Crippen molar-refractivity contribution < 1.29 is 9.90 Å². The summed E-state index contributed by atoms with van der Waals surface area (Å²) in [5.41, 5.74) is 0.966. The van der Waals surface area contributed by atoms with Crippen molar-refractivity contribution in [1.29, 1.82) is 0 Å². The van der Waals surface area contributed by atoms with Crippen LogP contribution in [-0.4, -0.2) is 45.5 Å². The molecule has 6 nitrogen and oxygen atoms in total. The Balaban J connectivity index is 2.63. The Labute approximate surface area is 108 Å². The molecule has 1 aromatic heterocycles. The van der Waals surface area contributed by atoms with Gasteiger partial charge in [0.2, 0.25) is 0 Å². The minimum Gasteiger partial charge on any atom is -0.392 e. The van der Waals surface area contributed by atoms with Gasteiger partial charge in [-0.2, -0.15) is 5.10 Å². The number of aliphatic hydroxyl groups excluding tert-OH is 1. The van der Waals surface area contributed by atoms with Crippen LogP contribution in [0.3, 0.4) is 0 Å². The van der Waals surface area contributed by atoms with E-state index in [-0.39, 0.29) is 6.03 Å². The maximum Gasteiger partial charge on any atom is 0.322 e. The first-order valence-corrected chi connectivity index (χ1v) is 6.17. The molecule has 2 amide bonds. The Hall–Kier alpha value is -1.56. The molecule has 0 fully saturated rings. The van der Waals surface area contributed by atoms with Crippen LogP contribution in [0.1, 0.15) is 26.0 Å². The smallest absolute Gasteiger partial charge is 0.322 e. The average molecular weight is 254 g/mol. The molecule has 0 aromatic carbocycles. The summed E-state index contributed by atoms with van der Waals surface area (Å²) in [6, 6.07) is 1.62. The lowest BCUT2D eigenvalue weighted by Gasteiger charge is -2.19. The number of carbonyl (C=O) groups is 1. The van der Waals surface area contributed by atoms with Gasteiger partial charge in [0.05, 0.1) is 11.8 Å². The van der Waals surface area contributed by atoms with E-state index in [1.165, 1.54) is 4.90 Å². The van der Waals surface area contributed by atoms with E-state index in [9.17, 15) is 9.90 Å². The summed E-state index contributed by atoms with van der Waals surface area (Å²) in [5.74, 6) is 0.667. The van der Waals surface area contributed by atoms with E-state index < -0.39 is 6.10 Å². The van der Waals surface area contributed by atoms with Crippen LogP contribution in [0.25, 0.3) is 0 Å². The van der Waals surface area contributed by atoms with Crippen molar-refractivity contribution in [2.75, 3.05) is 18.9 Å². The maximum atomic E-state index is 11.8. The lowest BCUT2D eigenvalue weighted by molar-refractivity contribution is 0.149. The van der Waals surface area contributed by atoms with E-state index in [0.717, 1.165) is 18.5 Å². The molecule has 18 heavy (non-hydrogen) atoms. The third-order valence-corrected chi connectivity index (χ3v) is 2.56. The molecule has 0 aliphatic rings. The summed E-state index contributed by atoms with van der Waals surface area (Å²) in [6.07, 6.45) is 1.38. The topological polar surface area (TPSA) is 70.4 Å². The largest absolute Gasteiger partial charge is 0.392 e. The third kappa shape index (κ3) is 4.03. The van der Waals surface area contributed by atoms with Crippen molar-refractivity contribution >= 4 is 11.8 Å². The van der Waals surface area contributed by atoms with Gasteiger partial charge < -0.3 is 10.0 Å².